The van der Waals surface area contributed by atoms with Crippen molar-refractivity contribution in [3.63, 3.8) is 0 Å². The normalized spacial score (nSPS) is 19.2. The average Bonchev–Trinajstić information content (AvgIpc) is 2.61. The van der Waals surface area contributed by atoms with Crippen molar-refractivity contribution in [1.29, 1.82) is 0 Å². The van der Waals surface area contributed by atoms with Crippen LogP contribution in [0, 0.1) is 0 Å². The zero-order valence-electron chi connectivity index (χ0n) is 14.5. The predicted molar refractivity (Wildman–Crippen MR) is 88.3 cm³/mol. The Hall–Kier alpha value is -1.67. The first-order valence-corrected chi connectivity index (χ1v) is 8.65. The van der Waals surface area contributed by atoms with E-state index in [1.54, 1.807) is 4.90 Å². The number of nitrogens with zero attached hydrogens (tertiary/aromatic N) is 3. The van der Waals surface area contributed by atoms with E-state index in [-0.39, 0.29) is 30.6 Å². The Labute approximate surface area is 143 Å². The van der Waals surface area contributed by atoms with Crippen molar-refractivity contribution in [3.05, 3.63) is 0 Å². The lowest BCUT2D eigenvalue weighted by Gasteiger charge is -2.32. The SMILES string of the molecule is CN1CCN(C(=O)CCNC(=O)CCC(=O)N2CCOCC2)CC1. The van der Waals surface area contributed by atoms with E-state index in [4.69, 9.17) is 4.74 Å². The molecule has 2 saturated heterocycles. The molecule has 2 aliphatic rings. The number of carbonyl (C=O) groups excluding carboxylic acids is 3. The number of rotatable bonds is 6. The molecule has 0 bridgehead atoms. The molecule has 1 N–H and O–H groups in total. The van der Waals surface area contributed by atoms with Crippen molar-refractivity contribution >= 4 is 17.7 Å². The quantitative estimate of drug-likeness (QED) is 0.664. The van der Waals surface area contributed by atoms with Crippen molar-refractivity contribution < 1.29 is 19.1 Å². The van der Waals surface area contributed by atoms with Crippen molar-refractivity contribution in [2.24, 2.45) is 0 Å². The maximum Gasteiger partial charge on any atom is 0.224 e. The summed E-state index contributed by atoms with van der Waals surface area (Å²) in [6, 6.07) is 0. The fraction of sp³-hybridized carbons (Fsp3) is 0.812. The van der Waals surface area contributed by atoms with Crippen molar-refractivity contribution in [1.82, 2.24) is 20.0 Å². The largest absolute Gasteiger partial charge is 0.378 e. The van der Waals surface area contributed by atoms with E-state index in [0.717, 1.165) is 26.2 Å². The highest BCUT2D eigenvalue weighted by Gasteiger charge is 2.19. The lowest BCUT2D eigenvalue weighted by Crippen LogP contribution is -2.47. The Bertz CT molecular complexity index is 443. The van der Waals surface area contributed by atoms with E-state index in [0.29, 0.717) is 39.3 Å². The van der Waals surface area contributed by atoms with Gasteiger partial charge in [-0.1, -0.05) is 0 Å². The Morgan fingerprint density at radius 3 is 2.08 bits per heavy atom. The maximum absolute atomic E-state index is 12.0. The van der Waals surface area contributed by atoms with Crippen LogP contribution in [0.2, 0.25) is 0 Å². The van der Waals surface area contributed by atoms with Crippen LogP contribution in [-0.2, 0) is 19.1 Å². The lowest BCUT2D eigenvalue weighted by molar-refractivity contribution is -0.137. The zero-order valence-corrected chi connectivity index (χ0v) is 14.5. The molecular formula is C16H28N4O4. The highest BCUT2D eigenvalue weighted by Crippen LogP contribution is 2.03. The third-order valence-corrected chi connectivity index (χ3v) is 4.45. The molecule has 0 aromatic carbocycles. The maximum atomic E-state index is 12.0. The molecule has 0 aliphatic carbocycles. The minimum Gasteiger partial charge on any atom is -0.378 e. The molecule has 8 heteroatoms. The van der Waals surface area contributed by atoms with Crippen LogP contribution >= 0.6 is 0 Å². The van der Waals surface area contributed by atoms with Gasteiger partial charge in [-0.2, -0.15) is 0 Å². The van der Waals surface area contributed by atoms with E-state index >= 15 is 0 Å². The molecule has 2 aliphatic heterocycles. The highest BCUT2D eigenvalue weighted by molar-refractivity contribution is 5.84. The molecule has 0 aromatic heterocycles. The second-order valence-corrected chi connectivity index (χ2v) is 6.28. The Morgan fingerprint density at radius 2 is 1.42 bits per heavy atom. The van der Waals surface area contributed by atoms with Crippen molar-refractivity contribution in [2.45, 2.75) is 19.3 Å². The Morgan fingerprint density at radius 1 is 0.833 bits per heavy atom. The van der Waals surface area contributed by atoms with Gasteiger partial charge in [-0.15, -0.1) is 0 Å². The van der Waals surface area contributed by atoms with E-state index in [2.05, 4.69) is 10.2 Å². The van der Waals surface area contributed by atoms with Gasteiger partial charge in [0.05, 0.1) is 13.2 Å². The van der Waals surface area contributed by atoms with E-state index in [1.165, 1.54) is 0 Å². The third-order valence-electron chi connectivity index (χ3n) is 4.45. The first-order valence-electron chi connectivity index (χ1n) is 8.65. The number of morpholine rings is 1. The third kappa shape index (κ3) is 6.09. The predicted octanol–water partition coefficient (Wildman–Crippen LogP) is -1.09. The molecule has 0 radical (unpaired) electrons. The van der Waals surface area contributed by atoms with Crippen molar-refractivity contribution in [2.75, 3.05) is 66.1 Å². The molecule has 0 spiro atoms. The lowest BCUT2D eigenvalue weighted by atomic mass is 10.2. The molecule has 24 heavy (non-hydrogen) atoms. The van der Waals surface area contributed by atoms with E-state index in [9.17, 15) is 14.4 Å². The molecule has 0 saturated carbocycles. The molecule has 8 nitrogen and oxygen atoms in total. The van der Waals surface area contributed by atoms with Crippen LogP contribution in [0.3, 0.4) is 0 Å². The fourth-order valence-electron chi connectivity index (χ4n) is 2.80. The monoisotopic (exact) mass is 340 g/mol. The molecule has 2 heterocycles. The van der Waals surface area contributed by atoms with Gasteiger partial charge in [-0.25, -0.2) is 0 Å². The molecule has 0 atom stereocenters. The number of piperazine rings is 1. The summed E-state index contributed by atoms with van der Waals surface area (Å²) in [5.74, 6) is -0.113. The summed E-state index contributed by atoms with van der Waals surface area (Å²) in [4.78, 5) is 41.5. The summed E-state index contributed by atoms with van der Waals surface area (Å²) in [7, 11) is 2.04. The van der Waals surface area contributed by atoms with Gasteiger partial charge in [0.15, 0.2) is 0 Å². The minimum absolute atomic E-state index is 0.0121. The van der Waals surface area contributed by atoms with Gasteiger partial charge in [0.25, 0.3) is 0 Å². The summed E-state index contributed by atoms with van der Waals surface area (Å²) >= 11 is 0. The van der Waals surface area contributed by atoms with Crippen LogP contribution < -0.4 is 5.32 Å². The van der Waals surface area contributed by atoms with Gasteiger partial charge >= 0.3 is 0 Å². The van der Waals surface area contributed by atoms with Crippen LogP contribution in [0.25, 0.3) is 0 Å². The van der Waals surface area contributed by atoms with Crippen LogP contribution in [0.1, 0.15) is 19.3 Å². The van der Waals surface area contributed by atoms with Gasteiger partial charge in [0.2, 0.25) is 17.7 Å². The van der Waals surface area contributed by atoms with Gasteiger partial charge in [-0.3, -0.25) is 14.4 Å². The number of likely N-dealkylation sites (N-methyl/N-ethyl adjacent to an activating group) is 1. The van der Waals surface area contributed by atoms with Gasteiger partial charge in [-0.05, 0) is 7.05 Å². The van der Waals surface area contributed by atoms with Gasteiger partial charge < -0.3 is 24.8 Å². The first-order chi connectivity index (χ1) is 11.6. The summed E-state index contributed by atoms with van der Waals surface area (Å²) in [5, 5.41) is 2.73. The number of carbonyl (C=O) groups is 3. The Balaban J connectivity index is 1.56. The molecule has 0 unspecified atom stereocenters. The fourth-order valence-corrected chi connectivity index (χ4v) is 2.80. The molecule has 136 valence electrons. The summed E-state index contributed by atoms with van der Waals surface area (Å²) in [6.45, 7) is 5.92. The molecule has 0 aromatic rings. The molecular weight excluding hydrogens is 312 g/mol. The number of hydrogen-bond acceptors (Lipinski definition) is 5. The Kier molecular flexibility index (Phi) is 7.45. The van der Waals surface area contributed by atoms with Crippen LogP contribution in [0.4, 0.5) is 0 Å². The average molecular weight is 340 g/mol. The highest BCUT2D eigenvalue weighted by atomic mass is 16.5. The molecule has 2 fully saturated rings. The topological polar surface area (TPSA) is 82.2 Å². The first kappa shape index (κ1) is 18.7. The van der Waals surface area contributed by atoms with Gasteiger partial charge in [0, 0.05) is 65.1 Å². The summed E-state index contributed by atoms with van der Waals surface area (Å²) in [5.41, 5.74) is 0. The molecule has 3 amide bonds. The second-order valence-electron chi connectivity index (χ2n) is 6.28. The van der Waals surface area contributed by atoms with Crippen LogP contribution in [0.15, 0.2) is 0 Å². The van der Waals surface area contributed by atoms with Crippen LogP contribution in [0.5, 0.6) is 0 Å². The van der Waals surface area contributed by atoms with E-state index < -0.39 is 0 Å². The number of ether oxygens (including phenoxy) is 1. The van der Waals surface area contributed by atoms with Crippen LogP contribution in [-0.4, -0.2) is 98.5 Å². The smallest absolute Gasteiger partial charge is 0.224 e. The zero-order chi connectivity index (χ0) is 17.4. The molecule has 2 rings (SSSR count). The minimum atomic E-state index is -0.178. The summed E-state index contributed by atoms with van der Waals surface area (Å²) in [6.07, 6.45) is 0.685. The summed E-state index contributed by atoms with van der Waals surface area (Å²) < 4.78 is 5.20. The van der Waals surface area contributed by atoms with Crippen molar-refractivity contribution in [3.8, 4) is 0 Å². The van der Waals surface area contributed by atoms with Gasteiger partial charge in [0.1, 0.15) is 0 Å². The second kappa shape index (κ2) is 9.58. The standard InChI is InChI=1S/C16H28N4O4/c1-18-6-8-19(9-7-18)16(23)4-5-17-14(21)2-3-15(22)20-10-12-24-13-11-20/h2-13H2,1H3,(H,17,21). The number of nitrogens with one attached hydrogen (secondary N) is 1. The number of amides is 3. The number of hydrogen-bond donors (Lipinski definition) is 1. The van der Waals surface area contributed by atoms with E-state index in [1.807, 2.05) is 11.9 Å².